The first-order chi connectivity index (χ1) is 8.17. The average Bonchev–Trinajstić information content (AvgIpc) is 2.36. The van der Waals surface area contributed by atoms with Gasteiger partial charge < -0.3 is 20.1 Å². The van der Waals surface area contributed by atoms with E-state index < -0.39 is 0 Å². The third kappa shape index (κ3) is 5.02. The van der Waals surface area contributed by atoms with Crippen LogP contribution >= 0.6 is 0 Å². The SMILES string of the molecule is COC(CN)CC(=O)N(C)CC1CCCCO1. The average molecular weight is 244 g/mol. The zero-order valence-corrected chi connectivity index (χ0v) is 10.9. The van der Waals surface area contributed by atoms with E-state index in [1.54, 1.807) is 12.0 Å². The molecule has 0 aliphatic carbocycles. The lowest BCUT2D eigenvalue weighted by atomic mass is 10.1. The van der Waals surface area contributed by atoms with E-state index in [1.807, 2.05) is 7.05 Å². The molecule has 0 radical (unpaired) electrons. The second-order valence-corrected chi connectivity index (χ2v) is 4.56. The van der Waals surface area contributed by atoms with Crippen molar-refractivity contribution in [3.8, 4) is 0 Å². The van der Waals surface area contributed by atoms with Crippen LogP contribution in [0.4, 0.5) is 0 Å². The zero-order valence-electron chi connectivity index (χ0n) is 10.9. The summed E-state index contributed by atoms with van der Waals surface area (Å²) >= 11 is 0. The zero-order chi connectivity index (χ0) is 12.7. The van der Waals surface area contributed by atoms with Gasteiger partial charge in [-0.2, -0.15) is 0 Å². The Balaban J connectivity index is 2.30. The predicted molar refractivity (Wildman–Crippen MR) is 65.7 cm³/mol. The van der Waals surface area contributed by atoms with Crippen LogP contribution in [-0.2, 0) is 14.3 Å². The molecule has 0 aromatic carbocycles. The molecule has 17 heavy (non-hydrogen) atoms. The number of rotatable bonds is 6. The predicted octanol–water partition coefficient (Wildman–Crippen LogP) is 0.378. The van der Waals surface area contributed by atoms with Crippen molar-refractivity contribution in [2.24, 2.45) is 5.73 Å². The summed E-state index contributed by atoms with van der Waals surface area (Å²) in [6, 6.07) is 0. The number of carbonyl (C=O) groups excluding carboxylic acids is 1. The lowest BCUT2D eigenvalue weighted by Gasteiger charge is -2.28. The molecule has 0 bridgehead atoms. The number of likely N-dealkylation sites (N-methyl/N-ethyl adjacent to an activating group) is 1. The van der Waals surface area contributed by atoms with Gasteiger partial charge in [-0.1, -0.05) is 0 Å². The number of nitrogens with two attached hydrogens (primary N) is 1. The molecule has 1 heterocycles. The van der Waals surface area contributed by atoms with Crippen molar-refractivity contribution < 1.29 is 14.3 Å². The van der Waals surface area contributed by atoms with Gasteiger partial charge in [0.15, 0.2) is 0 Å². The molecule has 0 aromatic heterocycles. The number of hydrogen-bond donors (Lipinski definition) is 1. The third-order valence-corrected chi connectivity index (χ3v) is 3.18. The van der Waals surface area contributed by atoms with Crippen LogP contribution in [0.2, 0.25) is 0 Å². The van der Waals surface area contributed by atoms with Crippen LogP contribution in [0.15, 0.2) is 0 Å². The Bertz CT molecular complexity index is 226. The van der Waals surface area contributed by atoms with Gasteiger partial charge in [-0.3, -0.25) is 4.79 Å². The van der Waals surface area contributed by atoms with E-state index in [0.717, 1.165) is 19.4 Å². The van der Waals surface area contributed by atoms with Gasteiger partial charge in [0.2, 0.25) is 5.91 Å². The molecule has 1 aliphatic heterocycles. The molecule has 1 fully saturated rings. The third-order valence-electron chi connectivity index (χ3n) is 3.18. The summed E-state index contributed by atoms with van der Waals surface area (Å²) < 4.78 is 10.7. The summed E-state index contributed by atoms with van der Waals surface area (Å²) in [4.78, 5) is 13.6. The molecule has 2 unspecified atom stereocenters. The fourth-order valence-electron chi connectivity index (χ4n) is 1.97. The molecule has 0 aromatic rings. The maximum Gasteiger partial charge on any atom is 0.225 e. The van der Waals surface area contributed by atoms with Crippen molar-refractivity contribution in [3.63, 3.8) is 0 Å². The van der Waals surface area contributed by atoms with Crippen molar-refractivity contribution >= 4 is 5.91 Å². The van der Waals surface area contributed by atoms with Crippen molar-refractivity contribution in [1.29, 1.82) is 0 Å². The summed E-state index contributed by atoms with van der Waals surface area (Å²) in [6.45, 7) is 1.85. The molecule has 5 nitrogen and oxygen atoms in total. The first-order valence-electron chi connectivity index (χ1n) is 6.25. The second kappa shape index (κ2) is 7.63. The minimum absolute atomic E-state index is 0.0662. The fourth-order valence-corrected chi connectivity index (χ4v) is 1.97. The lowest BCUT2D eigenvalue weighted by molar-refractivity contribution is -0.134. The monoisotopic (exact) mass is 244 g/mol. The van der Waals surface area contributed by atoms with Crippen LogP contribution in [0.25, 0.3) is 0 Å². The molecule has 1 rings (SSSR count). The van der Waals surface area contributed by atoms with Crippen LogP contribution < -0.4 is 5.73 Å². The quantitative estimate of drug-likeness (QED) is 0.733. The summed E-state index contributed by atoms with van der Waals surface area (Å²) in [5.41, 5.74) is 5.50. The molecular weight excluding hydrogens is 220 g/mol. The number of amides is 1. The largest absolute Gasteiger partial charge is 0.380 e. The Morgan fingerprint density at radius 3 is 2.88 bits per heavy atom. The second-order valence-electron chi connectivity index (χ2n) is 4.56. The summed E-state index contributed by atoms with van der Waals surface area (Å²) in [5.74, 6) is 0.0662. The van der Waals surface area contributed by atoms with Crippen molar-refractivity contribution in [2.45, 2.75) is 37.9 Å². The van der Waals surface area contributed by atoms with Gasteiger partial charge in [0.1, 0.15) is 0 Å². The maximum atomic E-state index is 11.9. The van der Waals surface area contributed by atoms with Gasteiger partial charge in [0.25, 0.3) is 0 Å². The highest BCUT2D eigenvalue weighted by molar-refractivity contribution is 5.76. The minimum Gasteiger partial charge on any atom is -0.380 e. The molecule has 0 spiro atoms. The first kappa shape index (κ1) is 14.4. The van der Waals surface area contributed by atoms with Gasteiger partial charge in [-0.15, -0.1) is 0 Å². The summed E-state index contributed by atoms with van der Waals surface area (Å²) in [5, 5.41) is 0. The summed E-state index contributed by atoms with van der Waals surface area (Å²) in [6.07, 6.45) is 3.72. The molecular formula is C12H24N2O3. The minimum atomic E-state index is -0.183. The van der Waals surface area contributed by atoms with Crippen LogP contribution in [0.5, 0.6) is 0 Å². The van der Waals surface area contributed by atoms with Crippen molar-refractivity contribution in [1.82, 2.24) is 4.90 Å². The highest BCUT2D eigenvalue weighted by Gasteiger charge is 2.20. The first-order valence-corrected chi connectivity index (χ1v) is 6.25. The molecule has 1 amide bonds. The van der Waals surface area contributed by atoms with E-state index in [-0.39, 0.29) is 18.1 Å². The van der Waals surface area contributed by atoms with Crippen LogP contribution in [0.3, 0.4) is 0 Å². The van der Waals surface area contributed by atoms with Crippen molar-refractivity contribution in [2.75, 3.05) is 33.9 Å². The van der Waals surface area contributed by atoms with Crippen molar-refractivity contribution in [3.05, 3.63) is 0 Å². The molecule has 0 saturated carbocycles. The smallest absolute Gasteiger partial charge is 0.225 e. The maximum absolute atomic E-state index is 11.9. The molecule has 1 aliphatic rings. The Kier molecular flexibility index (Phi) is 6.47. The van der Waals surface area contributed by atoms with Crippen LogP contribution in [-0.4, -0.2) is 56.9 Å². The van der Waals surface area contributed by atoms with E-state index in [2.05, 4.69) is 0 Å². The van der Waals surface area contributed by atoms with E-state index in [1.165, 1.54) is 6.42 Å². The fraction of sp³-hybridized carbons (Fsp3) is 0.917. The molecule has 2 N–H and O–H groups in total. The number of hydrogen-bond acceptors (Lipinski definition) is 4. The van der Waals surface area contributed by atoms with E-state index >= 15 is 0 Å². The molecule has 2 atom stereocenters. The van der Waals surface area contributed by atoms with Gasteiger partial charge in [-0.05, 0) is 19.3 Å². The number of carbonyl (C=O) groups is 1. The van der Waals surface area contributed by atoms with Gasteiger partial charge in [0, 0.05) is 33.9 Å². The van der Waals surface area contributed by atoms with Crippen LogP contribution in [0.1, 0.15) is 25.7 Å². The normalized spacial score (nSPS) is 22.2. The Morgan fingerprint density at radius 2 is 2.35 bits per heavy atom. The molecule has 100 valence electrons. The van der Waals surface area contributed by atoms with Gasteiger partial charge >= 0.3 is 0 Å². The Labute approximate surface area is 103 Å². The molecule has 5 heteroatoms. The van der Waals surface area contributed by atoms with Crippen LogP contribution in [0, 0.1) is 0 Å². The highest BCUT2D eigenvalue weighted by atomic mass is 16.5. The number of ether oxygens (including phenoxy) is 2. The van der Waals surface area contributed by atoms with Gasteiger partial charge in [-0.25, -0.2) is 0 Å². The highest BCUT2D eigenvalue weighted by Crippen LogP contribution is 2.14. The van der Waals surface area contributed by atoms with E-state index in [4.69, 9.17) is 15.2 Å². The molecule has 1 saturated heterocycles. The number of methoxy groups -OCH3 is 1. The topological polar surface area (TPSA) is 64.8 Å². The van der Waals surface area contributed by atoms with E-state index in [0.29, 0.717) is 19.5 Å². The van der Waals surface area contributed by atoms with Gasteiger partial charge in [0.05, 0.1) is 18.6 Å². The van der Waals surface area contributed by atoms with E-state index in [9.17, 15) is 4.79 Å². The Hall–Kier alpha value is -0.650. The summed E-state index contributed by atoms with van der Waals surface area (Å²) in [7, 11) is 3.39. The number of nitrogens with zero attached hydrogens (tertiary/aromatic N) is 1. The lowest BCUT2D eigenvalue weighted by Crippen LogP contribution is -2.39. The Morgan fingerprint density at radius 1 is 1.59 bits per heavy atom. The standard InChI is InChI=1S/C12H24N2O3/c1-14(9-10-5-3-4-6-17-10)12(15)7-11(8-13)16-2/h10-11H,3-9,13H2,1-2H3.